The van der Waals surface area contributed by atoms with Crippen molar-refractivity contribution in [1.82, 2.24) is 4.98 Å². The van der Waals surface area contributed by atoms with Gasteiger partial charge < -0.3 is 15.2 Å². The lowest BCUT2D eigenvalue weighted by Crippen LogP contribution is -1.94. The highest BCUT2D eigenvalue weighted by Crippen LogP contribution is 2.36. The van der Waals surface area contributed by atoms with Gasteiger partial charge >= 0.3 is 0 Å². The number of nitrogens with zero attached hydrogens (tertiary/aromatic N) is 1. The minimum absolute atomic E-state index is 0.591. The van der Waals surface area contributed by atoms with Crippen LogP contribution < -0.4 is 15.2 Å². The van der Waals surface area contributed by atoms with Crippen LogP contribution in [0, 0.1) is 6.92 Å². The molecule has 0 radical (unpaired) electrons. The van der Waals surface area contributed by atoms with Gasteiger partial charge in [-0.05, 0) is 31.2 Å². The van der Waals surface area contributed by atoms with Crippen LogP contribution in [0.2, 0.25) is 0 Å². The van der Waals surface area contributed by atoms with E-state index in [2.05, 4.69) is 4.98 Å². The van der Waals surface area contributed by atoms with Crippen molar-refractivity contribution in [3.05, 3.63) is 54.2 Å². The molecular weight excluding hydrogens is 264 g/mol. The molecule has 4 nitrogen and oxygen atoms in total. The number of hydrogen-bond donors (Lipinski definition) is 1. The normalized spacial score (nSPS) is 10.6. The quantitative estimate of drug-likeness (QED) is 0.739. The zero-order valence-corrected chi connectivity index (χ0v) is 12.0. The summed E-state index contributed by atoms with van der Waals surface area (Å²) in [6.07, 6.45) is 0. The number of para-hydroxylation sites is 1. The van der Waals surface area contributed by atoms with E-state index < -0.39 is 0 Å². The van der Waals surface area contributed by atoms with E-state index >= 15 is 0 Å². The molecule has 3 rings (SSSR count). The average molecular weight is 280 g/mol. The van der Waals surface area contributed by atoms with E-state index in [4.69, 9.17) is 15.2 Å². The second-order valence-electron chi connectivity index (χ2n) is 4.79. The van der Waals surface area contributed by atoms with Crippen LogP contribution in [0.4, 0.5) is 5.69 Å². The molecule has 1 heterocycles. The first kappa shape index (κ1) is 13.2. The molecule has 0 bridgehead atoms. The molecule has 4 heteroatoms. The molecule has 0 aliphatic rings. The van der Waals surface area contributed by atoms with Gasteiger partial charge in [0.15, 0.2) is 11.5 Å². The zero-order chi connectivity index (χ0) is 14.8. The SMILES string of the molecule is COc1ccc(N)cc1Oc1cc(C)nc2ccccc12. The van der Waals surface area contributed by atoms with Gasteiger partial charge in [0.1, 0.15) is 5.75 Å². The van der Waals surface area contributed by atoms with Crippen LogP contribution in [0.1, 0.15) is 5.69 Å². The van der Waals surface area contributed by atoms with Crippen LogP contribution >= 0.6 is 0 Å². The van der Waals surface area contributed by atoms with Gasteiger partial charge in [0.05, 0.1) is 12.6 Å². The summed E-state index contributed by atoms with van der Waals surface area (Å²) in [4.78, 5) is 4.50. The van der Waals surface area contributed by atoms with Crippen molar-refractivity contribution >= 4 is 16.6 Å². The minimum Gasteiger partial charge on any atom is -0.493 e. The monoisotopic (exact) mass is 280 g/mol. The van der Waals surface area contributed by atoms with Gasteiger partial charge in [-0.15, -0.1) is 0 Å². The molecule has 0 saturated heterocycles. The molecule has 0 aliphatic carbocycles. The summed E-state index contributed by atoms with van der Waals surface area (Å²) in [5.74, 6) is 1.97. The summed E-state index contributed by atoms with van der Waals surface area (Å²) in [7, 11) is 1.61. The number of benzene rings is 2. The first-order valence-electron chi connectivity index (χ1n) is 6.65. The molecular formula is C17H16N2O2. The number of rotatable bonds is 3. The van der Waals surface area contributed by atoms with Crippen LogP contribution in [-0.4, -0.2) is 12.1 Å². The van der Waals surface area contributed by atoms with E-state index in [1.807, 2.05) is 37.3 Å². The lowest BCUT2D eigenvalue weighted by molar-refractivity contribution is 0.380. The summed E-state index contributed by atoms with van der Waals surface area (Å²) in [5, 5.41) is 0.951. The average Bonchev–Trinajstić information content (AvgIpc) is 2.47. The first-order valence-corrected chi connectivity index (χ1v) is 6.65. The van der Waals surface area contributed by atoms with Crippen molar-refractivity contribution in [2.75, 3.05) is 12.8 Å². The minimum atomic E-state index is 0.591. The second kappa shape index (κ2) is 5.32. The van der Waals surface area contributed by atoms with Crippen molar-refractivity contribution in [3.8, 4) is 17.2 Å². The molecule has 106 valence electrons. The third-order valence-corrected chi connectivity index (χ3v) is 3.21. The topological polar surface area (TPSA) is 57.4 Å². The van der Waals surface area contributed by atoms with Crippen LogP contribution in [-0.2, 0) is 0 Å². The number of nitrogen functional groups attached to an aromatic ring is 1. The fraction of sp³-hybridized carbons (Fsp3) is 0.118. The van der Waals surface area contributed by atoms with Gasteiger partial charge in [0, 0.05) is 28.9 Å². The number of nitrogens with two attached hydrogens (primary N) is 1. The second-order valence-corrected chi connectivity index (χ2v) is 4.79. The van der Waals surface area contributed by atoms with Crippen LogP contribution in [0.5, 0.6) is 17.2 Å². The molecule has 1 aromatic heterocycles. The summed E-state index contributed by atoms with van der Waals surface area (Å²) >= 11 is 0. The fourth-order valence-electron chi connectivity index (χ4n) is 2.25. The number of methoxy groups -OCH3 is 1. The van der Waals surface area contributed by atoms with Gasteiger partial charge in [0.2, 0.25) is 0 Å². The summed E-state index contributed by atoms with van der Waals surface area (Å²) in [6, 6.07) is 15.1. The molecule has 3 aromatic rings. The third kappa shape index (κ3) is 2.60. The lowest BCUT2D eigenvalue weighted by atomic mass is 10.2. The Kier molecular flexibility index (Phi) is 3.36. The number of anilines is 1. The molecule has 0 saturated carbocycles. The van der Waals surface area contributed by atoms with Crippen molar-refractivity contribution < 1.29 is 9.47 Å². The molecule has 0 amide bonds. The lowest BCUT2D eigenvalue weighted by Gasteiger charge is -2.13. The zero-order valence-electron chi connectivity index (χ0n) is 12.0. The summed E-state index contributed by atoms with van der Waals surface area (Å²) < 4.78 is 11.3. The number of pyridine rings is 1. The van der Waals surface area contributed by atoms with E-state index in [0.717, 1.165) is 22.3 Å². The molecule has 0 aliphatic heterocycles. The Morgan fingerprint density at radius 2 is 1.76 bits per heavy atom. The van der Waals surface area contributed by atoms with Crippen molar-refractivity contribution in [2.24, 2.45) is 0 Å². The standard InChI is InChI=1S/C17H16N2O2/c1-11-9-16(13-5-3-4-6-14(13)19-11)21-17-10-12(18)7-8-15(17)20-2/h3-10H,18H2,1-2H3. The highest BCUT2D eigenvalue weighted by atomic mass is 16.5. The fourth-order valence-corrected chi connectivity index (χ4v) is 2.25. The summed E-state index contributed by atoms with van der Waals surface area (Å²) in [6.45, 7) is 1.94. The molecule has 0 spiro atoms. The van der Waals surface area contributed by atoms with Crippen LogP contribution in [0.3, 0.4) is 0 Å². The Hall–Kier alpha value is -2.75. The highest BCUT2D eigenvalue weighted by molar-refractivity contribution is 5.85. The molecule has 0 unspecified atom stereocenters. The largest absolute Gasteiger partial charge is 0.493 e. The molecule has 2 N–H and O–H groups in total. The molecule has 0 atom stereocenters. The third-order valence-electron chi connectivity index (χ3n) is 3.21. The molecule has 0 fully saturated rings. The van der Waals surface area contributed by atoms with Gasteiger partial charge in [-0.2, -0.15) is 0 Å². The molecule has 2 aromatic carbocycles. The summed E-state index contributed by atoms with van der Waals surface area (Å²) in [5.41, 5.74) is 8.25. The van der Waals surface area contributed by atoms with E-state index in [0.29, 0.717) is 17.2 Å². The van der Waals surface area contributed by atoms with Crippen LogP contribution in [0.15, 0.2) is 48.5 Å². The maximum absolute atomic E-state index is 6.03. The number of hydrogen-bond acceptors (Lipinski definition) is 4. The van der Waals surface area contributed by atoms with E-state index in [-0.39, 0.29) is 0 Å². The Bertz CT molecular complexity index is 800. The van der Waals surface area contributed by atoms with Gasteiger partial charge in [-0.1, -0.05) is 12.1 Å². The van der Waals surface area contributed by atoms with E-state index in [9.17, 15) is 0 Å². The Morgan fingerprint density at radius 1 is 0.952 bits per heavy atom. The number of aryl methyl sites for hydroxylation is 1. The maximum atomic E-state index is 6.03. The van der Waals surface area contributed by atoms with Crippen molar-refractivity contribution in [1.29, 1.82) is 0 Å². The predicted octanol–water partition coefficient (Wildman–Crippen LogP) is 3.93. The highest BCUT2D eigenvalue weighted by Gasteiger charge is 2.10. The smallest absolute Gasteiger partial charge is 0.171 e. The van der Waals surface area contributed by atoms with Gasteiger partial charge in [0.25, 0.3) is 0 Å². The number of fused-ring (bicyclic) bond motifs is 1. The number of aromatic nitrogens is 1. The van der Waals surface area contributed by atoms with E-state index in [1.165, 1.54) is 0 Å². The Balaban J connectivity index is 2.12. The van der Waals surface area contributed by atoms with Gasteiger partial charge in [-0.25, -0.2) is 0 Å². The maximum Gasteiger partial charge on any atom is 0.171 e. The van der Waals surface area contributed by atoms with Gasteiger partial charge in [-0.3, -0.25) is 4.98 Å². The first-order chi connectivity index (χ1) is 10.2. The number of ether oxygens (including phenoxy) is 2. The van der Waals surface area contributed by atoms with Crippen LogP contribution in [0.25, 0.3) is 10.9 Å². The predicted molar refractivity (Wildman–Crippen MR) is 84.0 cm³/mol. The van der Waals surface area contributed by atoms with E-state index in [1.54, 1.807) is 25.3 Å². The Morgan fingerprint density at radius 3 is 2.57 bits per heavy atom. The Labute approximate surface area is 123 Å². The van der Waals surface area contributed by atoms with Crippen molar-refractivity contribution in [3.63, 3.8) is 0 Å². The molecule has 21 heavy (non-hydrogen) atoms. The van der Waals surface area contributed by atoms with Crippen molar-refractivity contribution in [2.45, 2.75) is 6.92 Å².